The summed E-state index contributed by atoms with van der Waals surface area (Å²) < 4.78 is 48.9. The molecule has 0 radical (unpaired) electrons. The largest absolute Gasteiger partial charge is 0.478 e. The maximum atomic E-state index is 12.5. The van der Waals surface area contributed by atoms with E-state index in [-0.39, 0.29) is 28.4 Å². The van der Waals surface area contributed by atoms with Crippen LogP contribution in [0.25, 0.3) is 0 Å². The van der Waals surface area contributed by atoms with Gasteiger partial charge in [-0.15, -0.1) is 0 Å². The van der Waals surface area contributed by atoms with Gasteiger partial charge in [-0.3, -0.25) is 0 Å². The average Bonchev–Trinajstić information content (AvgIpc) is 2.78. The molecule has 1 aliphatic rings. The van der Waals surface area contributed by atoms with Crippen molar-refractivity contribution in [1.29, 1.82) is 0 Å². The highest BCUT2D eigenvalue weighted by Gasteiger charge is 2.37. The molecule has 21 heavy (non-hydrogen) atoms. The quantitative estimate of drug-likeness (QED) is 0.842. The fraction of sp³-hybridized carbons (Fsp3) is 0.417. The fourth-order valence-electron chi connectivity index (χ4n) is 2.28. The Balaban J connectivity index is 2.41. The summed E-state index contributed by atoms with van der Waals surface area (Å²) in [5.41, 5.74) is -0.329. The van der Waals surface area contributed by atoms with Crippen molar-refractivity contribution in [2.75, 3.05) is 18.6 Å². The van der Waals surface area contributed by atoms with Crippen LogP contribution in [-0.2, 0) is 19.9 Å². The maximum absolute atomic E-state index is 12.5. The number of sulfone groups is 1. The van der Waals surface area contributed by atoms with E-state index < -0.39 is 31.9 Å². The van der Waals surface area contributed by atoms with Crippen LogP contribution in [0.5, 0.6) is 0 Å². The number of aromatic carboxylic acids is 1. The lowest BCUT2D eigenvalue weighted by atomic mass is 10.2. The number of carboxylic acid groups (broad SMARTS) is 1. The van der Waals surface area contributed by atoms with E-state index in [9.17, 15) is 21.6 Å². The Kier molecular flexibility index (Phi) is 4.09. The van der Waals surface area contributed by atoms with Gasteiger partial charge in [0.25, 0.3) is 0 Å². The van der Waals surface area contributed by atoms with Gasteiger partial charge in [0.15, 0.2) is 9.84 Å². The normalized spacial score (nSPS) is 21.5. The molecular weight excluding hydrogens is 318 g/mol. The smallest absolute Gasteiger partial charge is 0.337 e. The molecule has 0 aromatic heterocycles. The van der Waals surface area contributed by atoms with Crippen LogP contribution in [0.4, 0.5) is 0 Å². The first-order valence-corrected chi connectivity index (χ1v) is 9.42. The van der Waals surface area contributed by atoms with Crippen LogP contribution < -0.4 is 0 Å². The molecule has 7 nitrogen and oxygen atoms in total. The molecule has 1 unspecified atom stereocenters. The minimum absolute atomic E-state index is 0.0574. The molecule has 0 bridgehead atoms. The van der Waals surface area contributed by atoms with E-state index in [2.05, 4.69) is 0 Å². The number of sulfonamides is 1. The maximum Gasteiger partial charge on any atom is 0.337 e. The van der Waals surface area contributed by atoms with Crippen molar-refractivity contribution in [2.45, 2.75) is 17.4 Å². The lowest BCUT2D eigenvalue weighted by Crippen LogP contribution is -2.38. The van der Waals surface area contributed by atoms with Crippen LogP contribution in [0.15, 0.2) is 29.2 Å². The molecule has 1 fully saturated rings. The van der Waals surface area contributed by atoms with Crippen molar-refractivity contribution in [3.05, 3.63) is 29.8 Å². The number of benzene rings is 1. The van der Waals surface area contributed by atoms with Crippen LogP contribution in [0, 0.1) is 0 Å². The number of rotatable bonds is 4. The van der Waals surface area contributed by atoms with Gasteiger partial charge in [0.1, 0.15) is 0 Å². The van der Waals surface area contributed by atoms with Gasteiger partial charge in [-0.25, -0.2) is 21.6 Å². The van der Waals surface area contributed by atoms with Crippen LogP contribution in [-0.4, -0.2) is 56.8 Å². The van der Waals surface area contributed by atoms with Crippen molar-refractivity contribution in [3.8, 4) is 0 Å². The van der Waals surface area contributed by atoms with Gasteiger partial charge in [-0.05, 0) is 18.6 Å². The fourth-order valence-corrected chi connectivity index (χ4v) is 5.72. The summed E-state index contributed by atoms with van der Waals surface area (Å²) in [5, 5.41) is 9.08. The van der Waals surface area contributed by atoms with Crippen molar-refractivity contribution in [3.63, 3.8) is 0 Å². The topological polar surface area (TPSA) is 109 Å². The highest BCUT2D eigenvalue weighted by Crippen LogP contribution is 2.25. The molecule has 1 saturated heterocycles. The van der Waals surface area contributed by atoms with Gasteiger partial charge in [0.05, 0.1) is 22.0 Å². The molecule has 0 spiro atoms. The van der Waals surface area contributed by atoms with Gasteiger partial charge in [-0.1, -0.05) is 12.1 Å². The van der Waals surface area contributed by atoms with E-state index in [1.54, 1.807) is 0 Å². The van der Waals surface area contributed by atoms with E-state index in [0.717, 1.165) is 4.31 Å². The number of hydrogen-bond acceptors (Lipinski definition) is 5. The lowest BCUT2D eigenvalue weighted by molar-refractivity contribution is 0.0692. The SMILES string of the molecule is CN(C1CCS(=O)(=O)C1)S(=O)(=O)c1ccccc1C(=O)O. The Hall–Kier alpha value is -1.45. The van der Waals surface area contributed by atoms with Crippen molar-refractivity contribution in [1.82, 2.24) is 4.31 Å². The number of carbonyl (C=O) groups is 1. The van der Waals surface area contributed by atoms with Gasteiger partial charge < -0.3 is 5.11 Å². The molecule has 1 aromatic carbocycles. The molecule has 116 valence electrons. The van der Waals surface area contributed by atoms with Crippen molar-refractivity contribution in [2.24, 2.45) is 0 Å². The molecule has 1 heterocycles. The number of nitrogens with zero attached hydrogens (tertiary/aromatic N) is 1. The molecule has 9 heteroatoms. The molecular formula is C12H15NO6S2. The Morgan fingerprint density at radius 1 is 1.33 bits per heavy atom. The zero-order chi connectivity index (χ0) is 15.8. The molecule has 1 atom stereocenters. The van der Waals surface area contributed by atoms with Gasteiger partial charge in [-0.2, -0.15) is 4.31 Å². The minimum atomic E-state index is -4.06. The van der Waals surface area contributed by atoms with Crippen molar-refractivity contribution < 1.29 is 26.7 Å². The van der Waals surface area contributed by atoms with Crippen LogP contribution in [0.2, 0.25) is 0 Å². The van der Waals surface area contributed by atoms with Crippen LogP contribution in [0.1, 0.15) is 16.8 Å². The molecule has 2 rings (SSSR count). The standard InChI is InChI=1S/C12H15NO6S2/c1-13(9-6-7-20(16,17)8-9)21(18,19)11-5-3-2-4-10(11)12(14)15/h2-5,9H,6-8H2,1H3,(H,14,15). The summed E-state index contributed by atoms with van der Waals surface area (Å²) in [4.78, 5) is 10.8. The summed E-state index contributed by atoms with van der Waals surface area (Å²) in [5.74, 6) is -1.64. The molecule has 0 saturated carbocycles. The predicted octanol–water partition coefficient (Wildman–Crippen LogP) is 0.192. The summed E-state index contributed by atoms with van der Waals surface area (Å²) in [6.45, 7) is 0. The number of hydrogen-bond donors (Lipinski definition) is 1. The first-order valence-electron chi connectivity index (χ1n) is 6.16. The summed E-state index contributed by atoms with van der Waals surface area (Å²) in [6.07, 6.45) is 0.216. The van der Waals surface area contributed by atoms with E-state index in [0.29, 0.717) is 0 Å². The third-order valence-corrected chi connectivity index (χ3v) is 7.22. The van der Waals surface area contributed by atoms with E-state index in [1.807, 2.05) is 0 Å². The monoisotopic (exact) mass is 333 g/mol. The Morgan fingerprint density at radius 2 is 1.95 bits per heavy atom. The van der Waals surface area contributed by atoms with Gasteiger partial charge in [0.2, 0.25) is 10.0 Å². The predicted molar refractivity (Wildman–Crippen MR) is 75.4 cm³/mol. The molecule has 1 aromatic rings. The third-order valence-electron chi connectivity index (χ3n) is 3.50. The molecule has 1 N–H and O–H groups in total. The zero-order valence-corrected chi connectivity index (χ0v) is 12.9. The number of carboxylic acids is 1. The molecule has 0 aliphatic carbocycles. The molecule has 1 aliphatic heterocycles. The van der Waals surface area contributed by atoms with E-state index >= 15 is 0 Å². The average molecular weight is 333 g/mol. The first-order chi connectivity index (χ1) is 9.65. The van der Waals surface area contributed by atoms with Gasteiger partial charge >= 0.3 is 5.97 Å². The first kappa shape index (κ1) is 15.9. The molecule has 0 amide bonds. The second-order valence-electron chi connectivity index (χ2n) is 4.88. The second-order valence-corrected chi connectivity index (χ2v) is 9.07. The zero-order valence-electron chi connectivity index (χ0n) is 11.3. The summed E-state index contributed by atoms with van der Waals surface area (Å²) in [7, 11) is -6.01. The van der Waals surface area contributed by atoms with Gasteiger partial charge in [0, 0.05) is 13.1 Å². The summed E-state index contributed by atoms with van der Waals surface area (Å²) >= 11 is 0. The van der Waals surface area contributed by atoms with E-state index in [4.69, 9.17) is 5.11 Å². The van der Waals surface area contributed by atoms with Crippen LogP contribution in [0.3, 0.4) is 0 Å². The minimum Gasteiger partial charge on any atom is -0.478 e. The second kappa shape index (κ2) is 5.39. The Labute approximate surface area is 123 Å². The van der Waals surface area contributed by atoms with E-state index in [1.165, 1.54) is 31.3 Å². The third kappa shape index (κ3) is 3.09. The lowest BCUT2D eigenvalue weighted by Gasteiger charge is -2.23. The van der Waals surface area contributed by atoms with Crippen molar-refractivity contribution >= 4 is 25.8 Å². The van der Waals surface area contributed by atoms with Crippen LogP contribution >= 0.6 is 0 Å². The highest BCUT2D eigenvalue weighted by molar-refractivity contribution is 7.92. The highest BCUT2D eigenvalue weighted by atomic mass is 32.2. The summed E-state index contributed by atoms with van der Waals surface area (Å²) in [6, 6.07) is 4.61. The Bertz CT molecular complexity index is 769. The Morgan fingerprint density at radius 3 is 2.48 bits per heavy atom.